The quantitative estimate of drug-likeness (QED) is 0.537. The second-order valence-electron chi connectivity index (χ2n) is 4.85. The molecule has 4 atom stereocenters. The molecule has 2 aliphatic rings. The Morgan fingerprint density at radius 2 is 2.13 bits per heavy atom. The minimum atomic E-state index is -0.832. The average Bonchev–Trinajstić information content (AvgIpc) is 2.46. The molecule has 3 N–H and O–H groups in total. The summed E-state index contributed by atoms with van der Waals surface area (Å²) < 4.78 is 11.4. The second-order valence-corrected chi connectivity index (χ2v) is 4.85. The summed E-state index contributed by atoms with van der Waals surface area (Å²) in [5.41, 5.74) is -0.832. The lowest BCUT2D eigenvalue weighted by Crippen LogP contribution is -2.67. The van der Waals surface area contributed by atoms with Crippen LogP contribution in [0.4, 0.5) is 0 Å². The van der Waals surface area contributed by atoms with E-state index in [0.29, 0.717) is 6.54 Å². The molecule has 5 heteroatoms. The van der Waals surface area contributed by atoms with Gasteiger partial charge >= 0.3 is 0 Å². The van der Waals surface area contributed by atoms with E-state index in [4.69, 9.17) is 9.47 Å². The Morgan fingerprint density at radius 3 is 2.67 bits per heavy atom. The predicted molar refractivity (Wildman–Crippen MR) is 53.3 cm³/mol. The highest BCUT2D eigenvalue weighted by Gasteiger charge is 2.60. The van der Waals surface area contributed by atoms with E-state index in [9.17, 15) is 10.2 Å². The van der Waals surface area contributed by atoms with Crippen molar-refractivity contribution in [3.8, 4) is 0 Å². The van der Waals surface area contributed by atoms with Crippen molar-refractivity contribution in [2.24, 2.45) is 0 Å². The Hall–Kier alpha value is -0.200. The number of aliphatic hydroxyl groups is 2. The summed E-state index contributed by atoms with van der Waals surface area (Å²) in [6, 6.07) is -0.0438. The van der Waals surface area contributed by atoms with Gasteiger partial charge in [0.25, 0.3) is 0 Å². The Kier molecular flexibility index (Phi) is 2.56. The number of fused-ring (bicyclic) bond motifs is 1. The molecule has 2 aliphatic heterocycles. The van der Waals surface area contributed by atoms with Gasteiger partial charge in [-0.05, 0) is 20.8 Å². The molecule has 0 amide bonds. The van der Waals surface area contributed by atoms with E-state index >= 15 is 0 Å². The number of rotatable bonds is 1. The first kappa shape index (κ1) is 11.3. The molecule has 0 aromatic carbocycles. The summed E-state index contributed by atoms with van der Waals surface area (Å²) in [4.78, 5) is 0. The van der Waals surface area contributed by atoms with E-state index in [1.54, 1.807) is 13.8 Å². The summed E-state index contributed by atoms with van der Waals surface area (Å²) >= 11 is 0. The first-order chi connectivity index (χ1) is 6.91. The smallest absolute Gasteiger partial charge is 0.164 e. The van der Waals surface area contributed by atoms with Gasteiger partial charge in [-0.1, -0.05) is 0 Å². The molecule has 0 aliphatic carbocycles. The van der Waals surface area contributed by atoms with Crippen LogP contribution in [0.1, 0.15) is 20.8 Å². The van der Waals surface area contributed by atoms with E-state index < -0.39 is 23.6 Å². The number of ether oxygens (including phenoxy) is 2. The lowest BCUT2D eigenvalue weighted by Gasteiger charge is -2.43. The molecule has 0 aromatic heterocycles. The number of aliphatic hydroxyl groups excluding tert-OH is 2. The summed E-state index contributed by atoms with van der Waals surface area (Å²) in [5.74, 6) is -0.755. The topological polar surface area (TPSA) is 71.0 Å². The van der Waals surface area contributed by atoms with Crippen LogP contribution in [-0.2, 0) is 9.47 Å². The van der Waals surface area contributed by atoms with Gasteiger partial charge in [0.05, 0.1) is 12.7 Å². The van der Waals surface area contributed by atoms with Crippen molar-refractivity contribution in [1.82, 2.24) is 5.32 Å². The van der Waals surface area contributed by atoms with Crippen LogP contribution in [0.2, 0.25) is 0 Å². The highest BCUT2D eigenvalue weighted by Crippen LogP contribution is 2.41. The molecule has 4 unspecified atom stereocenters. The lowest BCUT2D eigenvalue weighted by molar-refractivity contribution is -0.175. The van der Waals surface area contributed by atoms with E-state index in [2.05, 4.69) is 5.32 Å². The van der Waals surface area contributed by atoms with Crippen LogP contribution < -0.4 is 5.32 Å². The van der Waals surface area contributed by atoms with Gasteiger partial charge in [0.15, 0.2) is 5.79 Å². The second kappa shape index (κ2) is 3.40. The zero-order chi connectivity index (χ0) is 11.3. The summed E-state index contributed by atoms with van der Waals surface area (Å²) in [5, 5.41) is 22.5. The van der Waals surface area contributed by atoms with Crippen molar-refractivity contribution in [2.75, 3.05) is 13.2 Å². The Bertz CT molecular complexity index is 258. The SMILES string of the molecule is CC1NCC(O)C2OC(C)(C)OC12CO. The number of nitrogens with one attached hydrogen (secondary N) is 1. The highest BCUT2D eigenvalue weighted by molar-refractivity contribution is 5.08. The van der Waals surface area contributed by atoms with Gasteiger partial charge in [-0.2, -0.15) is 0 Å². The van der Waals surface area contributed by atoms with E-state index in [-0.39, 0.29) is 12.6 Å². The maximum absolute atomic E-state index is 9.85. The number of piperidine rings is 1. The fourth-order valence-electron chi connectivity index (χ4n) is 2.52. The minimum Gasteiger partial charge on any atom is -0.393 e. The van der Waals surface area contributed by atoms with Crippen molar-refractivity contribution < 1.29 is 19.7 Å². The fourth-order valence-corrected chi connectivity index (χ4v) is 2.52. The number of hydrogen-bond donors (Lipinski definition) is 3. The van der Waals surface area contributed by atoms with Gasteiger partial charge in [0.1, 0.15) is 11.7 Å². The summed E-state index contributed by atoms with van der Waals surface area (Å²) in [6.07, 6.45) is -1.11. The van der Waals surface area contributed by atoms with Crippen molar-refractivity contribution in [1.29, 1.82) is 0 Å². The summed E-state index contributed by atoms with van der Waals surface area (Å²) in [6.45, 7) is 5.82. The Balaban J connectivity index is 2.32. The number of hydrogen-bond acceptors (Lipinski definition) is 5. The Labute approximate surface area is 89.4 Å². The summed E-state index contributed by atoms with van der Waals surface area (Å²) in [7, 11) is 0. The van der Waals surface area contributed by atoms with Crippen LogP contribution >= 0.6 is 0 Å². The van der Waals surface area contributed by atoms with Crippen molar-refractivity contribution in [3.63, 3.8) is 0 Å². The zero-order valence-electron chi connectivity index (χ0n) is 9.36. The number of β-amino-alcohol motifs (C(OH)–C–C–N with tert-alkyl or cyclic N) is 1. The molecule has 0 radical (unpaired) electrons. The normalized spacial score (nSPS) is 49.0. The molecule has 2 rings (SSSR count). The zero-order valence-corrected chi connectivity index (χ0v) is 9.36. The van der Waals surface area contributed by atoms with Gasteiger partial charge in [0, 0.05) is 12.6 Å². The maximum atomic E-state index is 9.85. The molecular formula is C10H19NO4. The molecular weight excluding hydrogens is 198 g/mol. The van der Waals surface area contributed by atoms with Crippen LogP contribution in [0.15, 0.2) is 0 Å². The minimum absolute atomic E-state index is 0.0438. The molecule has 88 valence electrons. The van der Waals surface area contributed by atoms with E-state index in [1.165, 1.54) is 0 Å². The molecule has 0 aromatic rings. The van der Waals surface area contributed by atoms with Crippen LogP contribution in [-0.4, -0.2) is 53.0 Å². The van der Waals surface area contributed by atoms with Gasteiger partial charge in [-0.15, -0.1) is 0 Å². The molecule has 0 bridgehead atoms. The fraction of sp³-hybridized carbons (Fsp3) is 1.00. The molecule has 2 heterocycles. The average molecular weight is 217 g/mol. The molecule has 2 saturated heterocycles. The van der Waals surface area contributed by atoms with Crippen molar-refractivity contribution in [3.05, 3.63) is 0 Å². The maximum Gasteiger partial charge on any atom is 0.164 e. The van der Waals surface area contributed by atoms with Gasteiger partial charge < -0.3 is 25.0 Å². The third-order valence-electron chi connectivity index (χ3n) is 3.29. The first-order valence-electron chi connectivity index (χ1n) is 5.31. The predicted octanol–water partition coefficient (Wildman–Crippen LogP) is -0.778. The first-order valence-corrected chi connectivity index (χ1v) is 5.31. The Morgan fingerprint density at radius 1 is 1.47 bits per heavy atom. The molecule has 0 spiro atoms. The van der Waals surface area contributed by atoms with Crippen LogP contribution in [0.25, 0.3) is 0 Å². The third-order valence-corrected chi connectivity index (χ3v) is 3.29. The highest BCUT2D eigenvalue weighted by atomic mass is 16.8. The van der Waals surface area contributed by atoms with Crippen molar-refractivity contribution in [2.45, 2.75) is 50.4 Å². The van der Waals surface area contributed by atoms with Gasteiger partial charge in [0.2, 0.25) is 0 Å². The molecule has 5 nitrogen and oxygen atoms in total. The van der Waals surface area contributed by atoms with Gasteiger partial charge in [-0.3, -0.25) is 0 Å². The van der Waals surface area contributed by atoms with Crippen molar-refractivity contribution >= 4 is 0 Å². The van der Waals surface area contributed by atoms with Gasteiger partial charge in [-0.25, -0.2) is 0 Å². The monoisotopic (exact) mass is 217 g/mol. The van der Waals surface area contributed by atoms with Crippen LogP contribution in [0.5, 0.6) is 0 Å². The van der Waals surface area contributed by atoms with Crippen LogP contribution in [0, 0.1) is 0 Å². The van der Waals surface area contributed by atoms with E-state index in [1.807, 2.05) is 6.92 Å². The molecule has 15 heavy (non-hydrogen) atoms. The molecule has 2 fully saturated rings. The third kappa shape index (κ3) is 1.59. The molecule has 0 saturated carbocycles. The van der Waals surface area contributed by atoms with Crippen LogP contribution in [0.3, 0.4) is 0 Å². The largest absolute Gasteiger partial charge is 0.393 e. The standard InChI is InChI=1S/C10H19NO4/c1-6-10(5-12)8(7(13)4-11-6)14-9(2,3)15-10/h6-8,11-13H,4-5H2,1-3H3. The lowest BCUT2D eigenvalue weighted by atomic mass is 9.83. The van der Waals surface area contributed by atoms with E-state index in [0.717, 1.165) is 0 Å².